The van der Waals surface area contributed by atoms with Crippen LogP contribution in [0.25, 0.3) is 78.0 Å². The van der Waals surface area contributed by atoms with E-state index < -0.39 is 0 Å². The summed E-state index contributed by atoms with van der Waals surface area (Å²) < 4.78 is 4.65. The van der Waals surface area contributed by atoms with Gasteiger partial charge in [0.2, 0.25) is 5.95 Å². The van der Waals surface area contributed by atoms with Gasteiger partial charge in [-0.05, 0) is 35.0 Å². The summed E-state index contributed by atoms with van der Waals surface area (Å²) in [6, 6.07) is 48.8. The molecule has 0 radical (unpaired) electrons. The van der Waals surface area contributed by atoms with Gasteiger partial charge in [-0.15, -0.1) is 0 Å². The fourth-order valence-corrected chi connectivity index (χ4v) is 7.94. The number of para-hydroxylation sites is 3. The molecule has 0 fully saturated rings. The van der Waals surface area contributed by atoms with Crippen LogP contribution in [0, 0.1) is 0 Å². The van der Waals surface area contributed by atoms with E-state index in [-0.39, 0.29) is 0 Å². The number of nitrogens with zero attached hydrogens (tertiary/aromatic N) is 5. The SMILES string of the molecule is c1ccc(-c2nc(-c3cccc4ccccc34)nc(-n3c4ccccc4c4c5cccc6c5n(c43)-c3ccccc3S6)n2)cc1. The predicted octanol–water partition coefficient (Wildman–Crippen LogP) is 9.86. The molecule has 0 spiro atoms. The molecule has 0 bridgehead atoms. The molecule has 0 atom stereocenters. The highest BCUT2D eigenvalue weighted by atomic mass is 32.2. The maximum atomic E-state index is 5.29. The molecule has 0 amide bonds. The fraction of sp³-hybridized carbons (Fsp3) is 0. The maximum absolute atomic E-state index is 5.29. The second-order valence-electron chi connectivity index (χ2n) is 11.3. The topological polar surface area (TPSA) is 48.5 Å². The van der Waals surface area contributed by atoms with E-state index in [0.29, 0.717) is 17.6 Å². The molecule has 6 heteroatoms. The predicted molar refractivity (Wildman–Crippen MR) is 183 cm³/mol. The van der Waals surface area contributed by atoms with Crippen LogP contribution >= 0.6 is 11.8 Å². The van der Waals surface area contributed by atoms with E-state index >= 15 is 0 Å². The Morgan fingerprint density at radius 3 is 2.11 bits per heavy atom. The summed E-state index contributed by atoms with van der Waals surface area (Å²) >= 11 is 1.83. The van der Waals surface area contributed by atoms with Gasteiger partial charge >= 0.3 is 0 Å². The normalized spacial score (nSPS) is 12.4. The lowest BCUT2D eigenvalue weighted by Crippen LogP contribution is -2.10. The molecule has 0 N–H and O–H groups in total. The fourth-order valence-electron chi connectivity index (χ4n) is 6.85. The third-order valence-corrected chi connectivity index (χ3v) is 9.88. The van der Waals surface area contributed by atoms with Crippen molar-refractivity contribution in [2.45, 2.75) is 9.79 Å². The minimum absolute atomic E-state index is 0.592. The Morgan fingerprint density at radius 2 is 1.18 bits per heavy atom. The second kappa shape index (κ2) is 9.39. The standard InChI is InChI=1S/C39H23N5S/c1-2-13-25(14-3-1)36-40-37(27-18-10-15-24-12-4-5-16-26(24)27)42-39(41-36)44-30-20-7-6-17-28(30)34-29-19-11-23-33-35(29)43(38(34)44)31-21-8-9-22-32(31)45-33/h1-23H. The van der Waals surface area contributed by atoms with E-state index in [9.17, 15) is 0 Å². The molecule has 45 heavy (non-hydrogen) atoms. The van der Waals surface area contributed by atoms with E-state index in [2.05, 4.69) is 130 Å². The third kappa shape index (κ3) is 3.54. The van der Waals surface area contributed by atoms with Crippen LogP contribution in [0.2, 0.25) is 0 Å². The molecule has 1 aliphatic rings. The van der Waals surface area contributed by atoms with Gasteiger partial charge in [0, 0.05) is 37.1 Å². The summed E-state index contributed by atoms with van der Waals surface area (Å²) in [5.74, 6) is 1.88. The lowest BCUT2D eigenvalue weighted by molar-refractivity contribution is 0.927. The molecule has 1 aliphatic heterocycles. The quantitative estimate of drug-likeness (QED) is 0.205. The Kier molecular flexibility index (Phi) is 5.15. The number of hydrogen-bond donors (Lipinski definition) is 0. The summed E-state index contributed by atoms with van der Waals surface area (Å²) in [7, 11) is 0. The molecule has 5 nitrogen and oxygen atoms in total. The van der Waals surface area contributed by atoms with Crippen molar-refractivity contribution in [2.75, 3.05) is 0 Å². The molecule has 9 aromatic rings. The first-order valence-corrected chi connectivity index (χ1v) is 15.8. The molecule has 0 saturated carbocycles. The van der Waals surface area contributed by atoms with Crippen molar-refractivity contribution in [1.82, 2.24) is 24.1 Å². The van der Waals surface area contributed by atoms with Gasteiger partial charge in [0.05, 0.1) is 16.7 Å². The van der Waals surface area contributed by atoms with Crippen molar-refractivity contribution in [3.63, 3.8) is 0 Å². The van der Waals surface area contributed by atoms with E-state index in [4.69, 9.17) is 15.0 Å². The van der Waals surface area contributed by atoms with Crippen molar-refractivity contribution >= 4 is 55.4 Å². The van der Waals surface area contributed by atoms with Crippen LogP contribution in [0.1, 0.15) is 0 Å². The molecule has 3 aromatic heterocycles. The van der Waals surface area contributed by atoms with Crippen LogP contribution in [0.5, 0.6) is 0 Å². The third-order valence-electron chi connectivity index (χ3n) is 8.77. The summed E-state index contributed by atoms with van der Waals surface area (Å²) in [4.78, 5) is 18.1. The molecule has 0 saturated heterocycles. The monoisotopic (exact) mass is 593 g/mol. The van der Waals surface area contributed by atoms with Gasteiger partial charge in [-0.2, -0.15) is 9.97 Å². The van der Waals surface area contributed by atoms with E-state index in [1.165, 1.54) is 31.5 Å². The first kappa shape index (κ1) is 24.7. The summed E-state index contributed by atoms with van der Waals surface area (Å²) in [5.41, 5.74) is 6.42. The average molecular weight is 594 g/mol. The Labute approximate surface area is 262 Å². The molecule has 0 aliphatic carbocycles. The van der Waals surface area contributed by atoms with Crippen LogP contribution in [0.4, 0.5) is 0 Å². The summed E-state index contributed by atoms with van der Waals surface area (Å²) in [5, 5.41) is 5.86. The maximum Gasteiger partial charge on any atom is 0.239 e. The Balaban J connectivity index is 1.38. The first-order chi connectivity index (χ1) is 22.3. The van der Waals surface area contributed by atoms with Crippen molar-refractivity contribution in [3.8, 4) is 34.4 Å². The van der Waals surface area contributed by atoms with Gasteiger partial charge in [-0.1, -0.05) is 127 Å². The molecular weight excluding hydrogens is 571 g/mol. The average Bonchev–Trinajstić information content (AvgIpc) is 3.62. The van der Waals surface area contributed by atoms with Gasteiger partial charge in [0.1, 0.15) is 5.65 Å². The summed E-state index contributed by atoms with van der Waals surface area (Å²) in [6.07, 6.45) is 0. The molecule has 10 rings (SSSR count). The van der Waals surface area contributed by atoms with Crippen LogP contribution in [-0.4, -0.2) is 24.1 Å². The van der Waals surface area contributed by atoms with Crippen molar-refractivity contribution in [1.29, 1.82) is 0 Å². The van der Waals surface area contributed by atoms with Gasteiger partial charge in [-0.25, -0.2) is 4.98 Å². The minimum atomic E-state index is 0.592. The van der Waals surface area contributed by atoms with Crippen molar-refractivity contribution < 1.29 is 0 Å². The number of rotatable bonds is 3. The molecule has 210 valence electrons. The van der Waals surface area contributed by atoms with E-state index in [1.807, 2.05) is 30.0 Å². The second-order valence-corrected chi connectivity index (χ2v) is 12.4. The number of aromatic nitrogens is 5. The molecule has 4 heterocycles. The Hall–Kier alpha value is -5.72. The van der Waals surface area contributed by atoms with Crippen LogP contribution in [0.15, 0.2) is 149 Å². The molecule has 0 unspecified atom stereocenters. The van der Waals surface area contributed by atoms with Gasteiger partial charge < -0.3 is 0 Å². The zero-order valence-electron chi connectivity index (χ0n) is 23.9. The zero-order valence-corrected chi connectivity index (χ0v) is 24.7. The molecular formula is C39H23N5S. The Morgan fingerprint density at radius 1 is 0.489 bits per heavy atom. The number of fused-ring (bicyclic) bond motifs is 8. The van der Waals surface area contributed by atoms with E-state index in [1.54, 1.807) is 0 Å². The minimum Gasteiger partial charge on any atom is -0.293 e. The number of hydrogen-bond acceptors (Lipinski definition) is 4. The van der Waals surface area contributed by atoms with Crippen LogP contribution in [-0.2, 0) is 0 Å². The van der Waals surface area contributed by atoms with Gasteiger partial charge in [0.15, 0.2) is 11.6 Å². The van der Waals surface area contributed by atoms with Gasteiger partial charge in [-0.3, -0.25) is 9.13 Å². The lowest BCUT2D eigenvalue weighted by Gasteiger charge is -2.20. The van der Waals surface area contributed by atoms with Crippen LogP contribution in [0.3, 0.4) is 0 Å². The smallest absolute Gasteiger partial charge is 0.239 e. The highest BCUT2D eigenvalue weighted by Gasteiger charge is 2.28. The zero-order chi connectivity index (χ0) is 29.5. The van der Waals surface area contributed by atoms with Crippen molar-refractivity contribution in [3.05, 3.63) is 140 Å². The van der Waals surface area contributed by atoms with E-state index in [0.717, 1.165) is 38.8 Å². The highest BCUT2D eigenvalue weighted by molar-refractivity contribution is 7.99. The first-order valence-electron chi connectivity index (χ1n) is 15.0. The lowest BCUT2D eigenvalue weighted by atomic mass is 10.0. The largest absolute Gasteiger partial charge is 0.293 e. The number of benzene rings is 6. The molecule has 6 aromatic carbocycles. The van der Waals surface area contributed by atoms with Crippen molar-refractivity contribution in [2.24, 2.45) is 0 Å². The Bertz CT molecular complexity index is 2630. The highest BCUT2D eigenvalue weighted by Crippen LogP contribution is 2.49. The van der Waals surface area contributed by atoms with Gasteiger partial charge in [0.25, 0.3) is 0 Å². The summed E-state index contributed by atoms with van der Waals surface area (Å²) in [6.45, 7) is 0. The van der Waals surface area contributed by atoms with Crippen LogP contribution < -0.4 is 0 Å².